The molecule has 0 aliphatic rings. The van der Waals surface area contributed by atoms with Crippen LogP contribution in [0.3, 0.4) is 0 Å². The van der Waals surface area contributed by atoms with E-state index in [-0.39, 0.29) is 12.2 Å². The van der Waals surface area contributed by atoms with Crippen molar-refractivity contribution in [2.45, 2.75) is 6.92 Å². The number of anilines is 1. The fourth-order valence-corrected chi connectivity index (χ4v) is 1.60. The van der Waals surface area contributed by atoms with Gasteiger partial charge in [0.2, 0.25) is 0 Å². The second kappa shape index (κ2) is 7.76. The zero-order valence-corrected chi connectivity index (χ0v) is 11.6. The highest BCUT2D eigenvalue weighted by molar-refractivity contribution is 5.59. The van der Waals surface area contributed by atoms with E-state index in [1.165, 1.54) is 0 Å². The Balaban J connectivity index is 2.84. The Kier molecular flexibility index (Phi) is 6.00. The van der Waals surface area contributed by atoms with E-state index in [2.05, 4.69) is 0 Å². The molecule has 4 heteroatoms. The lowest BCUT2D eigenvalue weighted by Crippen LogP contribution is -2.19. The molecule has 1 rings (SSSR count). The van der Waals surface area contributed by atoms with Crippen LogP contribution in [0.25, 0.3) is 6.08 Å². The molecule has 0 unspecified atom stereocenters. The summed E-state index contributed by atoms with van der Waals surface area (Å²) in [6.07, 6.45) is 3.57. The Morgan fingerprint density at radius 1 is 1.25 bits per heavy atom. The molecule has 0 aliphatic heterocycles. The molecule has 0 radical (unpaired) electrons. The first-order chi connectivity index (χ1) is 9.62. The fourth-order valence-electron chi connectivity index (χ4n) is 1.60. The summed E-state index contributed by atoms with van der Waals surface area (Å²) < 4.78 is 12.3. The number of nitriles is 2. The van der Waals surface area contributed by atoms with Crippen LogP contribution in [0.1, 0.15) is 12.5 Å². The topological polar surface area (TPSA) is 50.8 Å². The number of halogens is 1. The molecule has 0 saturated heterocycles. The van der Waals surface area contributed by atoms with Gasteiger partial charge < -0.3 is 4.90 Å². The standard InChI is InChI=1S/C16H16FN3/c1-13(15(11-18)12-19)3-4-14-5-7-16(8-6-14)20(2)10-9-17/h3-8H,9-10H2,1-2H3/b4-3+/i17+0. The number of rotatable bonds is 5. The molecule has 102 valence electrons. The normalized spacial score (nSPS) is 9.85. The van der Waals surface area contributed by atoms with Crippen LogP contribution in [0.4, 0.5) is 10.1 Å². The lowest BCUT2D eigenvalue weighted by atomic mass is 10.1. The minimum Gasteiger partial charge on any atom is -0.372 e. The highest BCUT2D eigenvalue weighted by Gasteiger charge is 2.00. The highest BCUT2D eigenvalue weighted by Crippen LogP contribution is 2.15. The molecule has 0 bridgehead atoms. The van der Waals surface area contributed by atoms with E-state index < -0.39 is 0 Å². The molecule has 0 fully saturated rings. The van der Waals surface area contributed by atoms with Gasteiger partial charge in [-0.2, -0.15) is 10.5 Å². The van der Waals surface area contributed by atoms with Crippen LogP contribution >= 0.6 is 0 Å². The maximum absolute atomic E-state index is 12.3. The monoisotopic (exact) mass is 269 g/mol. The van der Waals surface area contributed by atoms with Crippen molar-refractivity contribution in [2.24, 2.45) is 0 Å². The van der Waals surface area contributed by atoms with Crippen molar-refractivity contribution < 1.29 is 4.39 Å². The van der Waals surface area contributed by atoms with Crippen molar-refractivity contribution in [3.8, 4) is 12.1 Å². The van der Waals surface area contributed by atoms with Crippen molar-refractivity contribution >= 4 is 11.8 Å². The summed E-state index contributed by atoms with van der Waals surface area (Å²) in [7, 11) is 1.84. The summed E-state index contributed by atoms with van der Waals surface area (Å²) in [5.74, 6) is 0. The molecular formula is C16H16FN3. The molecule has 20 heavy (non-hydrogen) atoms. The van der Waals surface area contributed by atoms with Gasteiger partial charge in [-0.25, -0.2) is 4.39 Å². The van der Waals surface area contributed by atoms with Crippen LogP contribution in [0.2, 0.25) is 0 Å². The third-order valence-corrected chi connectivity index (χ3v) is 2.90. The first-order valence-electron chi connectivity index (χ1n) is 6.18. The molecule has 0 heterocycles. The van der Waals surface area contributed by atoms with E-state index in [4.69, 9.17) is 10.5 Å². The van der Waals surface area contributed by atoms with Crippen LogP contribution in [0, 0.1) is 22.7 Å². The average Bonchev–Trinajstić information content (AvgIpc) is 2.47. The molecule has 1 aromatic rings. The summed E-state index contributed by atoms with van der Waals surface area (Å²) in [4.78, 5) is 1.84. The smallest absolute Gasteiger partial charge is 0.132 e. The van der Waals surface area contributed by atoms with Crippen LogP contribution in [0.5, 0.6) is 0 Å². The summed E-state index contributed by atoms with van der Waals surface area (Å²) in [5.41, 5.74) is 2.65. The van der Waals surface area contributed by atoms with Crippen molar-refractivity contribution in [1.82, 2.24) is 0 Å². The van der Waals surface area contributed by atoms with Gasteiger partial charge in [0.25, 0.3) is 0 Å². The number of hydrogen-bond acceptors (Lipinski definition) is 3. The molecule has 0 saturated carbocycles. The maximum atomic E-state index is 12.3. The highest BCUT2D eigenvalue weighted by atomic mass is 19.1. The molecule has 0 aliphatic carbocycles. The minimum atomic E-state index is -0.382. The van der Waals surface area contributed by atoms with Gasteiger partial charge in [-0.3, -0.25) is 0 Å². The SMILES string of the molecule is CC(/C=C/c1ccc(N(C)CC[19F])cc1)=C(C#N)C#N. The number of hydrogen-bond donors (Lipinski definition) is 0. The molecule has 0 amide bonds. The third kappa shape index (κ3) is 4.26. The molecule has 0 atom stereocenters. The Bertz CT molecular complexity index is 570. The van der Waals surface area contributed by atoms with Crippen molar-refractivity contribution in [3.63, 3.8) is 0 Å². The van der Waals surface area contributed by atoms with Crippen LogP contribution in [-0.4, -0.2) is 20.3 Å². The number of allylic oxidation sites excluding steroid dienone is 3. The van der Waals surface area contributed by atoms with Gasteiger partial charge in [0.15, 0.2) is 0 Å². The predicted octanol–water partition coefficient (Wildman–Crippen LogP) is 3.47. The maximum Gasteiger partial charge on any atom is 0.132 e. The average molecular weight is 269 g/mol. The van der Waals surface area contributed by atoms with E-state index in [9.17, 15) is 4.39 Å². The summed E-state index contributed by atoms with van der Waals surface area (Å²) in [5, 5.41) is 17.5. The molecule has 1 aromatic carbocycles. The molecule has 0 aromatic heterocycles. The predicted molar refractivity (Wildman–Crippen MR) is 78.6 cm³/mol. The van der Waals surface area contributed by atoms with E-state index in [1.54, 1.807) is 13.0 Å². The number of benzene rings is 1. The lowest BCUT2D eigenvalue weighted by molar-refractivity contribution is 0.497. The third-order valence-electron chi connectivity index (χ3n) is 2.90. The van der Waals surface area contributed by atoms with Gasteiger partial charge in [-0.05, 0) is 30.2 Å². The Morgan fingerprint density at radius 2 is 1.85 bits per heavy atom. The van der Waals surface area contributed by atoms with Gasteiger partial charge >= 0.3 is 0 Å². The van der Waals surface area contributed by atoms with E-state index in [1.807, 2.05) is 54.4 Å². The van der Waals surface area contributed by atoms with Gasteiger partial charge in [-0.15, -0.1) is 0 Å². The van der Waals surface area contributed by atoms with Gasteiger partial charge in [0, 0.05) is 19.3 Å². The van der Waals surface area contributed by atoms with Gasteiger partial charge in [0.1, 0.15) is 24.4 Å². The number of alkyl halides is 1. The quantitative estimate of drug-likeness (QED) is 0.607. The number of nitrogens with zero attached hydrogens (tertiary/aromatic N) is 3. The fraction of sp³-hybridized carbons (Fsp3) is 0.250. The van der Waals surface area contributed by atoms with E-state index in [0.29, 0.717) is 12.1 Å². The van der Waals surface area contributed by atoms with Crippen LogP contribution < -0.4 is 4.90 Å². The van der Waals surface area contributed by atoms with Crippen molar-refractivity contribution in [3.05, 3.63) is 47.1 Å². The van der Waals surface area contributed by atoms with Crippen molar-refractivity contribution in [2.75, 3.05) is 25.2 Å². The van der Waals surface area contributed by atoms with Crippen LogP contribution in [-0.2, 0) is 0 Å². The second-order valence-electron chi connectivity index (χ2n) is 4.32. The summed E-state index contributed by atoms with van der Waals surface area (Å²) in [6, 6.07) is 11.3. The first kappa shape index (κ1) is 15.5. The largest absolute Gasteiger partial charge is 0.372 e. The molecule has 0 N–H and O–H groups in total. The first-order valence-corrected chi connectivity index (χ1v) is 6.18. The summed E-state index contributed by atoms with van der Waals surface area (Å²) >= 11 is 0. The van der Waals surface area contributed by atoms with E-state index >= 15 is 0 Å². The lowest BCUT2D eigenvalue weighted by Gasteiger charge is -2.17. The van der Waals surface area contributed by atoms with Gasteiger partial charge in [0.05, 0.1) is 0 Å². The summed E-state index contributed by atoms with van der Waals surface area (Å²) in [6.45, 7) is 1.71. The van der Waals surface area contributed by atoms with E-state index in [0.717, 1.165) is 11.3 Å². The Morgan fingerprint density at radius 3 is 2.35 bits per heavy atom. The second-order valence-corrected chi connectivity index (χ2v) is 4.32. The minimum absolute atomic E-state index is 0.112. The molecular weight excluding hydrogens is 253 g/mol. The van der Waals surface area contributed by atoms with Crippen molar-refractivity contribution in [1.29, 1.82) is 10.5 Å². The zero-order valence-electron chi connectivity index (χ0n) is 11.6. The molecule has 0 spiro atoms. The van der Waals surface area contributed by atoms with Gasteiger partial charge in [-0.1, -0.05) is 24.3 Å². The van der Waals surface area contributed by atoms with Crippen LogP contribution in [0.15, 0.2) is 41.5 Å². The Hall–Kier alpha value is -2.59. The molecule has 3 nitrogen and oxygen atoms in total. The zero-order chi connectivity index (χ0) is 15.0. The Labute approximate surface area is 118 Å².